The molecule has 1 fully saturated rings. The molecular formula is C23H35IN4OS. The first-order chi connectivity index (χ1) is 14.1. The lowest BCUT2D eigenvalue weighted by Crippen LogP contribution is -2.43. The minimum Gasteiger partial charge on any atom is -0.379 e. The van der Waals surface area contributed by atoms with E-state index in [1.165, 1.54) is 16.0 Å². The van der Waals surface area contributed by atoms with E-state index in [-0.39, 0.29) is 29.4 Å². The molecule has 1 aromatic heterocycles. The third kappa shape index (κ3) is 7.51. The van der Waals surface area contributed by atoms with E-state index in [0.717, 1.165) is 51.9 Å². The van der Waals surface area contributed by atoms with E-state index < -0.39 is 0 Å². The van der Waals surface area contributed by atoms with Crippen molar-refractivity contribution in [1.29, 1.82) is 0 Å². The van der Waals surface area contributed by atoms with Gasteiger partial charge in [-0.2, -0.15) is 0 Å². The van der Waals surface area contributed by atoms with Crippen LogP contribution in [0.25, 0.3) is 0 Å². The van der Waals surface area contributed by atoms with Crippen molar-refractivity contribution in [3.8, 4) is 0 Å². The van der Waals surface area contributed by atoms with E-state index in [2.05, 4.69) is 78.1 Å². The lowest BCUT2D eigenvalue weighted by molar-refractivity contribution is 0.0341. The number of aliphatic imine (C=N–C) groups is 1. The largest absolute Gasteiger partial charge is 0.379 e. The summed E-state index contributed by atoms with van der Waals surface area (Å²) in [6.45, 7) is 13.6. The molecule has 1 aliphatic heterocycles. The number of hydrogen-bond donors (Lipinski definition) is 2. The number of benzene rings is 1. The van der Waals surface area contributed by atoms with E-state index >= 15 is 0 Å². The number of morpholine rings is 1. The maximum atomic E-state index is 5.48. The molecule has 0 unspecified atom stereocenters. The molecule has 166 valence electrons. The van der Waals surface area contributed by atoms with Crippen LogP contribution in [0.15, 0.2) is 46.8 Å². The van der Waals surface area contributed by atoms with Gasteiger partial charge in [0.25, 0.3) is 0 Å². The van der Waals surface area contributed by atoms with Crippen molar-refractivity contribution < 1.29 is 4.74 Å². The molecule has 30 heavy (non-hydrogen) atoms. The molecule has 2 aromatic rings. The van der Waals surface area contributed by atoms with Gasteiger partial charge in [0, 0.05) is 43.0 Å². The molecule has 7 heteroatoms. The lowest BCUT2D eigenvalue weighted by atomic mass is 9.91. The summed E-state index contributed by atoms with van der Waals surface area (Å²) in [5.74, 6) is 0.873. The van der Waals surface area contributed by atoms with Crippen LogP contribution < -0.4 is 10.6 Å². The van der Waals surface area contributed by atoms with Crippen LogP contribution in [0.2, 0.25) is 0 Å². The second-order valence-corrected chi connectivity index (χ2v) is 9.01. The van der Waals surface area contributed by atoms with Crippen molar-refractivity contribution in [2.75, 3.05) is 39.4 Å². The van der Waals surface area contributed by atoms with E-state index in [1.54, 1.807) is 0 Å². The Morgan fingerprint density at radius 2 is 1.83 bits per heavy atom. The second-order valence-electron chi connectivity index (χ2n) is 8.07. The average molecular weight is 543 g/mol. The molecule has 0 saturated carbocycles. The highest BCUT2D eigenvalue weighted by Crippen LogP contribution is 2.26. The fraction of sp³-hybridized carbons (Fsp3) is 0.522. The predicted molar refractivity (Wildman–Crippen MR) is 138 cm³/mol. The first kappa shape index (κ1) is 25.1. The highest BCUT2D eigenvalue weighted by atomic mass is 127. The Kier molecular flexibility index (Phi) is 10.6. The van der Waals surface area contributed by atoms with E-state index in [4.69, 9.17) is 9.73 Å². The highest BCUT2D eigenvalue weighted by Gasteiger charge is 2.22. The standard InChI is InChI=1S/C23H34N4OS.HI/c1-4-24-22(26-18-23(2,3)21-10-7-15-29-21)25-16-19-8-5-6-9-20(19)17-27-11-13-28-14-12-27;/h5-10,15H,4,11-14,16-18H2,1-3H3,(H2,24,25,26);1H. The summed E-state index contributed by atoms with van der Waals surface area (Å²) in [7, 11) is 0. The van der Waals surface area contributed by atoms with Crippen molar-refractivity contribution in [3.05, 3.63) is 57.8 Å². The first-order valence-corrected chi connectivity index (χ1v) is 11.4. The van der Waals surface area contributed by atoms with Crippen LogP contribution in [0.3, 0.4) is 0 Å². The Balaban J connectivity index is 0.00000320. The summed E-state index contributed by atoms with van der Waals surface area (Å²) < 4.78 is 5.48. The van der Waals surface area contributed by atoms with Crippen molar-refractivity contribution in [1.82, 2.24) is 15.5 Å². The van der Waals surface area contributed by atoms with E-state index in [9.17, 15) is 0 Å². The van der Waals surface area contributed by atoms with Crippen molar-refractivity contribution in [3.63, 3.8) is 0 Å². The normalized spacial score (nSPS) is 15.5. The van der Waals surface area contributed by atoms with Gasteiger partial charge in [0.2, 0.25) is 0 Å². The smallest absolute Gasteiger partial charge is 0.191 e. The number of nitrogens with one attached hydrogen (secondary N) is 2. The topological polar surface area (TPSA) is 48.9 Å². The number of hydrogen-bond acceptors (Lipinski definition) is 4. The molecule has 3 rings (SSSR count). The molecule has 2 N–H and O–H groups in total. The summed E-state index contributed by atoms with van der Waals surface area (Å²) in [6.07, 6.45) is 0. The predicted octanol–water partition coefficient (Wildman–Crippen LogP) is 4.23. The van der Waals surface area contributed by atoms with Gasteiger partial charge in [0.15, 0.2) is 5.96 Å². The van der Waals surface area contributed by atoms with Crippen molar-refractivity contribution in [2.45, 2.75) is 39.3 Å². The molecule has 0 bridgehead atoms. The summed E-state index contributed by atoms with van der Waals surface area (Å²) in [5, 5.41) is 9.07. The van der Waals surface area contributed by atoms with Gasteiger partial charge in [-0.1, -0.05) is 44.2 Å². The Hall–Kier alpha value is -1.16. The van der Waals surface area contributed by atoms with E-state index in [1.807, 2.05) is 11.3 Å². The highest BCUT2D eigenvalue weighted by molar-refractivity contribution is 14.0. The molecule has 0 amide bonds. The zero-order valence-electron chi connectivity index (χ0n) is 18.3. The molecule has 2 heterocycles. The molecule has 1 aromatic carbocycles. The third-order valence-corrected chi connectivity index (χ3v) is 6.49. The van der Waals surface area contributed by atoms with Gasteiger partial charge in [-0.3, -0.25) is 4.90 Å². The van der Waals surface area contributed by atoms with Gasteiger partial charge in [-0.25, -0.2) is 4.99 Å². The molecule has 0 radical (unpaired) electrons. The summed E-state index contributed by atoms with van der Waals surface area (Å²) >= 11 is 1.81. The summed E-state index contributed by atoms with van der Waals surface area (Å²) in [6, 6.07) is 13.0. The number of ether oxygens (including phenoxy) is 1. The third-order valence-electron chi connectivity index (χ3n) is 5.25. The quantitative estimate of drug-likeness (QED) is 0.298. The Morgan fingerprint density at radius 1 is 1.10 bits per heavy atom. The Labute approximate surface area is 202 Å². The van der Waals surface area contributed by atoms with Crippen LogP contribution in [0.1, 0.15) is 36.8 Å². The van der Waals surface area contributed by atoms with Gasteiger partial charge < -0.3 is 15.4 Å². The van der Waals surface area contributed by atoms with Gasteiger partial charge >= 0.3 is 0 Å². The molecule has 0 spiro atoms. The van der Waals surface area contributed by atoms with Crippen LogP contribution in [0.5, 0.6) is 0 Å². The maximum absolute atomic E-state index is 5.48. The molecule has 1 saturated heterocycles. The van der Waals surface area contributed by atoms with Crippen LogP contribution >= 0.6 is 35.3 Å². The van der Waals surface area contributed by atoms with Crippen molar-refractivity contribution >= 4 is 41.3 Å². The van der Waals surface area contributed by atoms with Gasteiger partial charge in [-0.05, 0) is 29.5 Å². The number of nitrogens with zero attached hydrogens (tertiary/aromatic N) is 2. The van der Waals surface area contributed by atoms with Crippen LogP contribution in [0.4, 0.5) is 0 Å². The number of halogens is 1. The first-order valence-electron chi connectivity index (χ1n) is 10.5. The molecule has 0 aliphatic carbocycles. The SMILES string of the molecule is CCNC(=NCc1ccccc1CN1CCOCC1)NCC(C)(C)c1cccs1.I. The van der Waals surface area contributed by atoms with Gasteiger partial charge in [-0.15, -0.1) is 35.3 Å². The second kappa shape index (κ2) is 12.6. The minimum atomic E-state index is 0. The number of thiophene rings is 1. The molecular weight excluding hydrogens is 507 g/mol. The number of guanidine groups is 1. The molecule has 0 atom stereocenters. The minimum absolute atomic E-state index is 0. The zero-order chi connectivity index (χ0) is 20.5. The zero-order valence-corrected chi connectivity index (χ0v) is 21.5. The van der Waals surface area contributed by atoms with Gasteiger partial charge in [0.05, 0.1) is 19.8 Å². The van der Waals surface area contributed by atoms with Crippen molar-refractivity contribution in [2.24, 2.45) is 4.99 Å². The molecule has 1 aliphatic rings. The van der Waals surface area contributed by atoms with Crippen LogP contribution in [-0.4, -0.2) is 50.3 Å². The van der Waals surface area contributed by atoms with Crippen LogP contribution in [0, 0.1) is 0 Å². The maximum Gasteiger partial charge on any atom is 0.191 e. The Bertz CT molecular complexity index is 773. The fourth-order valence-corrected chi connectivity index (χ4v) is 4.28. The summed E-state index contributed by atoms with van der Waals surface area (Å²) in [5.41, 5.74) is 2.71. The Morgan fingerprint density at radius 3 is 2.50 bits per heavy atom. The van der Waals surface area contributed by atoms with E-state index in [0.29, 0.717) is 6.54 Å². The average Bonchev–Trinajstić information content (AvgIpc) is 3.28. The molecule has 5 nitrogen and oxygen atoms in total. The lowest BCUT2D eigenvalue weighted by Gasteiger charge is -2.27. The van der Waals surface area contributed by atoms with Crippen LogP contribution in [-0.2, 0) is 23.2 Å². The summed E-state index contributed by atoms with van der Waals surface area (Å²) in [4.78, 5) is 8.72. The van der Waals surface area contributed by atoms with Gasteiger partial charge in [0.1, 0.15) is 0 Å². The number of rotatable bonds is 8. The monoisotopic (exact) mass is 542 g/mol. The fourth-order valence-electron chi connectivity index (χ4n) is 3.43.